The zero-order valence-corrected chi connectivity index (χ0v) is 14.0. The summed E-state index contributed by atoms with van der Waals surface area (Å²) in [5.74, 6) is 0.942. The maximum absolute atomic E-state index is 12.8. The topological polar surface area (TPSA) is 73.8 Å². The number of aromatic nitrogens is 4. The van der Waals surface area contributed by atoms with Crippen LogP contribution in [-0.4, -0.2) is 19.7 Å². The van der Waals surface area contributed by atoms with Crippen LogP contribution in [-0.2, 0) is 6.54 Å². The Hall–Kier alpha value is -2.80. The summed E-state index contributed by atoms with van der Waals surface area (Å²) in [6, 6.07) is 10.0. The van der Waals surface area contributed by atoms with Gasteiger partial charge in [-0.2, -0.15) is 4.98 Å². The Morgan fingerprint density at radius 2 is 2.00 bits per heavy atom. The molecule has 0 bridgehead atoms. The molecule has 24 heavy (non-hydrogen) atoms. The van der Waals surface area contributed by atoms with Crippen LogP contribution in [0.25, 0.3) is 20.7 Å². The van der Waals surface area contributed by atoms with Crippen molar-refractivity contribution < 1.29 is 4.52 Å². The molecule has 120 valence electrons. The van der Waals surface area contributed by atoms with Gasteiger partial charge in [0.1, 0.15) is 11.4 Å². The van der Waals surface area contributed by atoms with Gasteiger partial charge in [-0.3, -0.25) is 9.36 Å². The first-order valence-electron chi connectivity index (χ1n) is 7.46. The number of aryl methyl sites for hydroxylation is 2. The first-order valence-corrected chi connectivity index (χ1v) is 8.28. The van der Waals surface area contributed by atoms with E-state index >= 15 is 0 Å². The summed E-state index contributed by atoms with van der Waals surface area (Å²) >= 11 is 1.53. The number of thiophene rings is 1. The standard InChI is InChI=1S/C17H14N4O2S/c1-10-14-16(24-15(10)12-6-4-3-5-7-12)18-9-21(17(14)22)8-13-19-11(2)20-23-13/h3-7,9H,8H2,1-2H3. The van der Waals surface area contributed by atoms with Crippen LogP contribution in [0.3, 0.4) is 0 Å². The van der Waals surface area contributed by atoms with Crippen LogP contribution in [0.15, 0.2) is 46.0 Å². The second-order valence-electron chi connectivity index (χ2n) is 5.52. The first-order chi connectivity index (χ1) is 11.6. The summed E-state index contributed by atoms with van der Waals surface area (Å²) in [5, 5.41) is 4.40. The fraction of sp³-hybridized carbons (Fsp3) is 0.176. The van der Waals surface area contributed by atoms with Crippen molar-refractivity contribution in [1.82, 2.24) is 19.7 Å². The summed E-state index contributed by atoms with van der Waals surface area (Å²) in [7, 11) is 0. The van der Waals surface area contributed by atoms with Crippen molar-refractivity contribution in [2.75, 3.05) is 0 Å². The lowest BCUT2D eigenvalue weighted by Gasteiger charge is -2.02. The normalized spacial score (nSPS) is 11.2. The molecule has 3 heterocycles. The highest BCUT2D eigenvalue weighted by molar-refractivity contribution is 7.22. The van der Waals surface area contributed by atoms with E-state index in [4.69, 9.17) is 4.52 Å². The highest BCUT2D eigenvalue weighted by Gasteiger charge is 2.16. The van der Waals surface area contributed by atoms with E-state index in [-0.39, 0.29) is 12.1 Å². The van der Waals surface area contributed by atoms with Crippen LogP contribution >= 0.6 is 11.3 Å². The molecule has 0 aliphatic carbocycles. The molecule has 0 saturated heterocycles. The lowest BCUT2D eigenvalue weighted by atomic mass is 10.1. The molecule has 3 aromatic heterocycles. The molecule has 0 aliphatic rings. The Kier molecular flexibility index (Phi) is 3.50. The van der Waals surface area contributed by atoms with E-state index in [1.54, 1.807) is 6.92 Å². The van der Waals surface area contributed by atoms with Crippen LogP contribution in [0.4, 0.5) is 0 Å². The number of nitrogens with zero attached hydrogens (tertiary/aromatic N) is 4. The second-order valence-corrected chi connectivity index (χ2v) is 6.51. The smallest absolute Gasteiger partial charge is 0.262 e. The molecule has 0 saturated carbocycles. The first kappa shape index (κ1) is 14.8. The summed E-state index contributed by atoms with van der Waals surface area (Å²) in [4.78, 5) is 23.2. The fourth-order valence-electron chi connectivity index (χ4n) is 2.69. The van der Waals surface area contributed by atoms with E-state index in [0.29, 0.717) is 17.1 Å². The number of fused-ring (bicyclic) bond motifs is 1. The van der Waals surface area contributed by atoms with Crippen molar-refractivity contribution in [3.05, 3.63) is 64.3 Å². The molecule has 0 atom stereocenters. The van der Waals surface area contributed by atoms with Crippen molar-refractivity contribution >= 4 is 21.6 Å². The summed E-state index contributed by atoms with van der Waals surface area (Å²) in [6.45, 7) is 3.93. The maximum atomic E-state index is 12.8. The molecule has 0 amide bonds. The van der Waals surface area contributed by atoms with Crippen molar-refractivity contribution in [3.8, 4) is 10.4 Å². The molecule has 6 nitrogen and oxygen atoms in total. The van der Waals surface area contributed by atoms with E-state index in [2.05, 4.69) is 15.1 Å². The molecule has 0 radical (unpaired) electrons. The molecule has 0 aliphatic heterocycles. The third-order valence-corrected chi connectivity index (χ3v) is 5.08. The predicted molar refractivity (Wildman–Crippen MR) is 92.2 cm³/mol. The minimum absolute atomic E-state index is 0.0909. The van der Waals surface area contributed by atoms with Gasteiger partial charge in [0.2, 0.25) is 5.89 Å². The highest BCUT2D eigenvalue weighted by atomic mass is 32.1. The van der Waals surface area contributed by atoms with Crippen molar-refractivity contribution in [2.24, 2.45) is 0 Å². The largest absolute Gasteiger partial charge is 0.337 e. The van der Waals surface area contributed by atoms with Crippen LogP contribution in [0.2, 0.25) is 0 Å². The lowest BCUT2D eigenvalue weighted by molar-refractivity contribution is 0.366. The molecule has 4 aromatic rings. The third-order valence-electron chi connectivity index (χ3n) is 3.83. The number of rotatable bonds is 3. The van der Waals surface area contributed by atoms with Crippen molar-refractivity contribution in [2.45, 2.75) is 20.4 Å². The second kappa shape index (κ2) is 5.68. The Morgan fingerprint density at radius 3 is 2.71 bits per heavy atom. The number of benzene rings is 1. The Morgan fingerprint density at radius 1 is 1.21 bits per heavy atom. The quantitative estimate of drug-likeness (QED) is 0.573. The van der Waals surface area contributed by atoms with Crippen LogP contribution in [0.5, 0.6) is 0 Å². The van der Waals surface area contributed by atoms with Gasteiger partial charge in [0.25, 0.3) is 5.56 Å². The van der Waals surface area contributed by atoms with E-state index in [9.17, 15) is 4.79 Å². The molecule has 0 unspecified atom stereocenters. The molecule has 0 fully saturated rings. The number of hydrogen-bond donors (Lipinski definition) is 0. The highest BCUT2D eigenvalue weighted by Crippen LogP contribution is 2.35. The Balaban J connectivity index is 1.84. The average molecular weight is 338 g/mol. The van der Waals surface area contributed by atoms with Gasteiger partial charge in [-0.15, -0.1) is 11.3 Å². The molecule has 1 aromatic carbocycles. The lowest BCUT2D eigenvalue weighted by Crippen LogP contribution is -2.21. The average Bonchev–Trinajstić information content (AvgIpc) is 3.15. The van der Waals surface area contributed by atoms with Gasteiger partial charge in [0.15, 0.2) is 5.82 Å². The van der Waals surface area contributed by atoms with E-state index in [1.165, 1.54) is 22.2 Å². The van der Waals surface area contributed by atoms with E-state index in [1.807, 2.05) is 37.3 Å². The minimum atomic E-state index is -0.0909. The number of hydrogen-bond acceptors (Lipinski definition) is 6. The molecule has 7 heteroatoms. The van der Waals surface area contributed by atoms with E-state index < -0.39 is 0 Å². The van der Waals surface area contributed by atoms with Gasteiger partial charge in [-0.1, -0.05) is 35.5 Å². The predicted octanol–water partition coefficient (Wildman–Crippen LogP) is 3.17. The molecule has 0 spiro atoms. The maximum Gasteiger partial charge on any atom is 0.262 e. The van der Waals surface area contributed by atoms with Crippen LogP contribution in [0, 0.1) is 13.8 Å². The van der Waals surface area contributed by atoms with Gasteiger partial charge in [-0.05, 0) is 25.0 Å². The van der Waals surface area contributed by atoms with Crippen LogP contribution < -0.4 is 5.56 Å². The Bertz CT molecular complexity index is 1080. The molecular formula is C17H14N4O2S. The van der Waals surface area contributed by atoms with Gasteiger partial charge < -0.3 is 4.52 Å². The summed E-state index contributed by atoms with van der Waals surface area (Å²) in [5.41, 5.74) is 1.96. The van der Waals surface area contributed by atoms with E-state index in [0.717, 1.165) is 20.8 Å². The fourth-order valence-corrected chi connectivity index (χ4v) is 3.83. The van der Waals surface area contributed by atoms with Gasteiger partial charge in [0, 0.05) is 4.88 Å². The summed E-state index contributed by atoms with van der Waals surface area (Å²) in [6.07, 6.45) is 1.54. The minimum Gasteiger partial charge on any atom is -0.337 e. The molecule has 4 rings (SSSR count). The molecular weight excluding hydrogens is 324 g/mol. The SMILES string of the molecule is Cc1noc(Cn2cnc3sc(-c4ccccc4)c(C)c3c2=O)n1. The van der Waals surface area contributed by atoms with Gasteiger partial charge in [-0.25, -0.2) is 4.98 Å². The van der Waals surface area contributed by atoms with Crippen molar-refractivity contribution in [1.29, 1.82) is 0 Å². The summed E-state index contributed by atoms with van der Waals surface area (Å²) < 4.78 is 6.60. The van der Waals surface area contributed by atoms with Crippen molar-refractivity contribution in [3.63, 3.8) is 0 Å². The van der Waals surface area contributed by atoms with Crippen LogP contribution in [0.1, 0.15) is 17.3 Å². The van der Waals surface area contributed by atoms with Gasteiger partial charge in [0.05, 0.1) is 11.7 Å². The molecule has 0 N–H and O–H groups in total. The van der Waals surface area contributed by atoms with Gasteiger partial charge >= 0.3 is 0 Å². The zero-order valence-electron chi connectivity index (χ0n) is 13.2. The zero-order chi connectivity index (χ0) is 16.7. The monoisotopic (exact) mass is 338 g/mol. The Labute approximate surface area is 141 Å². The third kappa shape index (κ3) is 2.43.